The van der Waals surface area contributed by atoms with Crippen molar-refractivity contribution in [3.8, 4) is 0 Å². The third-order valence-corrected chi connectivity index (χ3v) is 4.98. The number of non-ortho nitro benzene ring substituents is 1. The van der Waals surface area contributed by atoms with Crippen molar-refractivity contribution < 1.29 is 9.72 Å². The summed E-state index contributed by atoms with van der Waals surface area (Å²) in [6.45, 7) is 3.60. The smallest absolute Gasteiger partial charge is 0.269 e. The SMILES string of the molecule is CC1=C(C(=O)Nc2ccc(C)c(Cl)c2)[C@@H](c2cccc([N+](=O)[O-])c2)NC(=S)N1. The van der Waals surface area contributed by atoms with E-state index in [1.807, 2.05) is 13.0 Å². The lowest BCUT2D eigenvalue weighted by molar-refractivity contribution is -0.384. The Hall–Kier alpha value is -2.97. The first-order chi connectivity index (χ1) is 13.3. The molecule has 1 aliphatic rings. The molecule has 1 amide bonds. The third-order valence-electron chi connectivity index (χ3n) is 4.36. The Kier molecular flexibility index (Phi) is 5.62. The van der Waals surface area contributed by atoms with E-state index < -0.39 is 11.0 Å². The van der Waals surface area contributed by atoms with Gasteiger partial charge < -0.3 is 16.0 Å². The molecular weight excluding hydrogens is 400 g/mol. The molecule has 0 unspecified atom stereocenters. The van der Waals surface area contributed by atoms with Gasteiger partial charge >= 0.3 is 0 Å². The molecule has 3 N–H and O–H groups in total. The van der Waals surface area contributed by atoms with Crippen molar-refractivity contribution in [2.45, 2.75) is 19.9 Å². The Morgan fingerprint density at radius 2 is 2.00 bits per heavy atom. The summed E-state index contributed by atoms with van der Waals surface area (Å²) in [5.74, 6) is -0.364. The Morgan fingerprint density at radius 3 is 2.68 bits per heavy atom. The highest BCUT2D eigenvalue weighted by atomic mass is 35.5. The zero-order chi connectivity index (χ0) is 20.4. The first kappa shape index (κ1) is 19.8. The molecule has 0 spiro atoms. The summed E-state index contributed by atoms with van der Waals surface area (Å²) in [5.41, 5.74) is 2.89. The van der Waals surface area contributed by atoms with Crippen molar-refractivity contribution in [2.24, 2.45) is 0 Å². The Morgan fingerprint density at radius 1 is 1.25 bits per heavy atom. The number of nitrogens with one attached hydrogen (secondary N) is 3. The molecule has 2 aromatic carbocycles. The number of hydrogen-bond donors (Lipinski definition) is 3. The van der Waals surface area contributed by atoms with Crippen LogP contribution in [0.4, 0.5) is 11.4 Å². The second kappa shape index (κ2) is 7.95. The molecular formula is C19H17ClN4O3S. The van der Waals surface area contributed by atoms with Crippen LogP contribution in [0, 0.1) is 17.0 Å². The highest BCUT2D eigenvalue weighted by molar-refractivity contribution is 7.80. The number of carbonyl (C=O) groups excluding carboxylic acids is 1. The van der Waals surface area contributed by atoms with E-state index in [0.29, 0.717) is 32.7 Å². The number of allylic oxidation sites excluding steroid dienone is 1. The monoisotopic (exact) mass is 416 g/mol. The lowest BCUT2D eigenvalue weighted by atomic mass is 9.94. The van der Waals surface area contributed by atoms with E-state index in [1.165, 1.54) is 12.1 Å². The molecule has 28 heavy (non-hydrogen) atoms. The molecule has 144 valence electrons. The normalized spacial score (nSPS) is 16.2. The van der Waals surface area contributed by atoms with Gasteiger partial charge in [-0.1, -0.05) is 29.8 Å². The fraction of sp³-hybridized carbons (Fsp3) is 0.158. The number of nitrogens with zero attached hydrogens (tertiary/aromatic N) is 1. The van der Waals surface area contributed by atoms with Gasteiger partial charge in [-0.25, -0.2) is 0 Å². The molecule has 0 fully saturated rings. The van der Waals surface area contributed by atoms with Gasteiger partial charge in [0, 0.05) is 28.5 Å². The van der Waals surface area contributed by atoms with E-state index in [1.54, 1.807) is 31.2 Å². The standard InChI is InChI=1S/C19H17ClN4O3S/c1-10-6-7-13(9-15(10)20)22-18(25)16-11(2)21-19(28)23-17(16)12-4-3-5-14(8-12)24(26)27/h3-9,17H,1-2H3,(H,22,25)(H2,21,23,28)/t17-/m1/s1. The molecule has 0 aliphatic carbocycles. The van der Waals surface area contributed by atoms with Crippen LogP contribution in [0.1, 0.15) is 24.1 Å². The summed E-state index contributed by atoms with van der Waals surface area (Å²) >= 11 is 11.3. The zero-order valence-electron chi connectivity index (χ0n) is 15.1. The van der Waals surface area contributed by atoms with E-state index in [9.17, 15) is 14.9 Å². The molecule has 7 nitrogen and oxygen atoms in total. The average Bonchev–Trinajstić information content (AvgIpc) is 2.64. The van der Waals surface area contributed by atoms with Gasteiger partial charge in [-0.15, -0.1) is 0 Å². The van der Waals surface area contributed by atoms with Gasteiger partial charge in [-0.3, -0.25) is 14.9 Å². The number of nitro groups is 1. The minimum Gasteiger partial charge on any atom is -0.351 e. The first-order valence-electron chi connectivity index (χ1n) is 8.36. The van der Waals surface area contributed by atoms with Crippen LogP contribution in [0.25, 0.3) is 0 Å². The Labute approximate surface area is 171 Å². The number of thiocarbonyl (C=S) groups is 1. The summed E-state index contributed by atoms with van der Waals surface area (Å²) in [4.78, 5) is 23.7. The number of benzene rings is 2. The van der Waals surface area contributed by atoms with E-state index in [0.717, 1.165) is 5.56 Å². The molecule has 0 saturated heterocycles. The summed E-state index contributed by atoms with van der Waals surface area (Å²) in [7, 11) is 0. The number of nitro benzene ring substituents is 1. The Balaban J connectivity index is 1.97. The number of carbonyl (C=O) groups is 1. The predicted molar refractivity (Wildman–Crippen MR) is 112 cm³/mol. The summed E-state index contributed by atoms with van der Waals surface area (Å²) < 4.78 is 0. The second-order valence-electron chi connectivity index (χ2n) is 6.34. The van der Waals surface area contributed by atoms with Crippen molar-refractivity contribution in [1.29, 1.82) is 0 Å². The van der Waals surface area contributed by atoms with Gasteiger partial charge in [0.2, 0.25) is 0 Å². The molecule has 1 aliphatic heterocycles. The largest absolute Gasteiger partial charge is 0.351 e. The maximum absolute atomic E-state index is 13.0. The second-order valence-corrected chi connectivity index (χ2v) is 7.16. The predicted octanol–water partition coefficient (Wildman–Crippen LogP) is 3.99. The lowest BCUT2D eigenvalue weighted by Gasteiger charge is -2.30. The highest BCUT2D eigenvalue weighted by Gasteiger charge is 2.30. The van der Waals surface area contributed by atoms with E-state index in [4.69, 9.17) is 23.8 Å². The van der Waals surface area contributed by atoms with Crippen LogP contribution in [0.2, 0.25) is 5.02 Å². The van der Waals surface area contributed by atoms with Crippen LogP contribution in [0.5, 0.6) is 0 Å². The van der Waals surface area contributed by atoms with Gasteiger partial charge in [0.15, 0.2) is 5.11 Å². The molecule has 1 atom stereocenters. The minimum atomic E-state index is -0.630. The van der Waals surface area contributed by atoms with Crippen LogP contribution in [0.15, 0.2) is 53.7 Å². The molecule has 0 radical (unpaired) electrons. The van der Waals surface area contributed by atoms with Crippen molar-refractivity contribution in [3.05, 3.63) is 80.0 Å². The lowest BCUT2D eigenvalue weighted by Crippen LogP contribution is -2.45. The average molecular weight is 417 g/mol. The molecule has 9 heteroatoms. The van der Waals surface area contributed by atoms with Crippen molar-refractivity contribution >= 4 is 46.2 Å². The summed E-state index contributed by atoms with van der Waals surface area (Å²) in [6, 6.07) is 10.7. The number of aryl methyl sites for hydroxylation is 1. The molecule has 0 aromatic heterocycles. The van der Waals surface area contributed by atoms with Gasteiger partial charge in [-0.2, -0.15) is 0 Å². The van der Waals surface area contributed by atoms with E-state index in [2.05, 4.69) is 16.0 Å². The van der Waals surface area contributed by atoms with Crippen molar-refractivity contribution in [3.63, 3.8) is 0 Å². The van der Waals surface area contributed by atoms with Crippen LogP contribution >= 0.6 is 23.8 Å². The fourth-order valence-electron chi connectivity index (χ4n) is 2.93. The molecule has 0 bridgehead atoms. The van der Waals surface area contributed by atoms with Gasteiger partial charge in [0.25, 0.3) is 11.6 Å². The molecule has 1 heterocycles. The van der Waals surface area contributed by atoms with Crippen LogP contribution in [0.3, 0.4) is 0 Å². The fourth-order valence-corrected chi connectivity index (χ4v) is 3.38. The number of amides is 1. The quantitative estimate of drug-likeness (QED) is 0.396. The van der Waals surface area contributed by atoms with Gasteiger partial charge in [0.1, 0.15) is 0 Å². The maximum Gasteiger partial charge on any atom is 0.269 e. The van der Waals surface area contributed by atoms with E-state index >= 15 is 0 Å². The number of halogens is 1. The summed E-state index contributed by atoms with van der Waals surface area (Å²) in [5, 5.41) is 20.8. The van der Waals surface area contributed by atoms with Crippen molar-refractivity contribution in [1.82, 2.24) is 10.6 Å². The van der Waals surface area contributed by atoms with Crippen LogP contribution < -0.4 is 16.0 Å². The van der Waals surface area contributed by atoms with Crippen molar-refractivity contribution in [2.75, 3.05) is 5.32 Å². The minimum absolute atomic E-state index is 0.0634. The third kappa shape index (κ3) is 4.13. The number of anilines is 1. The zero-order valence-corrected chi connectivity index (χ0v) is 16.6. The number of hydrogen-bond acceptors (Lipinski definition) is 4. The van der Waals surface area contributed by atoms with Crippen LogP contribution in [-0.4, -0.2) is 15.9 Å². The molecule has 2 aromatic rings. The van der Waals surface area contributed by atoms with Gasteiger partial charge in [-0.05, 0) is 49.3 Å². The van der Waals surface area contributed by atoms with Crippen LogP contribution in [-0.2, 0) is 4.79 Å². The molecule has 0 saturated carbocycles. The Bertz CT molecular complexity index is 1020. The topological polar surface area (TPSA) is 96.3 Å². The number of rotatable bonds is 4. The first-order valence-corrected chi connectivity index (χ1v) is 9.15. The van der Waals surface area contributed by atoms with E-state index in [-0.39, 0.29) is 11.6 Å². The molecule has 3 rings (SSSR count). The van der Waals surface area contributed by atoms with Gasteiger partial charge in [0.05, 0.1) is 16.5 Å². The summed E-state index contributed by atoms with van der Waals surface area (Å²) in [6.07, 6.45) is 0. The highest BCUT2D eigenvalue weighted by Crippen LogP contribution is 2.30. The maximum atomic E-state index is 13.0.